The van der Waals surface area contributed by atoms with E-state index >= 15 is 0 Å². The van der Waals surface area contributed by atoms with Crippen molar-refractivity contribution in [2.24, 2.45) is 0 Å². The van der Waals surface area contributed by atoms with Gasteiger partial charge in [-0.15, -0.1) is 0 Å². The number of aryl methyl sites for hydroxylation is 1. The lowest BCUT2D eigenvalue weighted by atomic mass is 10.2. The maximum absolute atomic E-state index is 12.6. The molecule has 1 unspecified atom stereocenters. The molecule has 138 valence electrons. The lowest BCUT2D eigenvalue weighted by Gasteiger charge is -2.18. The van der Waals surface area contributed by atoms with Gasteiger partial charge in [0.25, 0.3) is 0 Å². The lowest BCUT2D eigenvalue weighted by Crippen LogP contribution is -2.39. The van der Waals surface area contributed by atoms with Crippen LogP contribution in [0.2, 0.25) is 0 Å². The number of anilines is 2. The van der Waals surface area contributed by atoms with Crippen LogP contribution < -0.4 is 15.5 Å². The average molecular weight is 364 g/mol. The molecular weight excluding hydrogens is 345 g/mol. The molecule has 0 radical (unpaired) electrons. The van der Waals surface area contributed by atoms with Crippen LogP contribution in [0.1, 0.15) is 17.5 Å². The van der Waals surface area contributed by atoms with Gasteiger partial charge in [-0.3, -0.25) is 0 Å². The normalized spacial score (nSPS) is 17.2. The molecule has 2 amide bonds. The Morgan fingerprint density at radius 1 is 1.27 bits per heavy atom. The third-order valence-corrected chi connectivity index (χ3v) is 4.20. The summed E-state index contributed by atoms with van der Waals surface area (Å²) in [6.07, 6.45) is -2.86. The average Bonchev–Trinajstić information content (AvgIpc) is 3.02. The van der Waals surface area contributed by atoms with Crippen molar-refractivity contribution in [1.82, 2.24) is 10.3 Å². The van der Waals surface area contributed by atoms with Crippen molar-refractivity contribution < 1.29 is 18.0 Å². The summed E-state index contributed by atoms with van der Waals surface area (Å²) in [5.74, 6) is 0.474. The van der Waals surface area contributed by atoms with E-state index < -0.39 is 11.7 Å². The van der Waals surface area contributed by atoms with E-state index in [0.29, 0.717) is 31.0 Å². The van der Waals surface area contributed by atoms with Crippen LogP contribution in [0.25, 0.3) is 0 Å². The van der Waals surface area contributed by atoms with Gasteiger partial charge in [-0.2, -0.15) is 13.2 Å². The fourth-order valence-corrected chi connectivity index (χ4v) is 2.90. The number of hydrogen-bond acceptors (Lipinski definition) is 3. The first kappa shape index (κ1) is 18.0. The molecule has 1 atom stereocenters. The highest BCUT2D eigenvalue weighted by Gasteiger charge is 2.31. The standard InChI is InChI=1S/C18H19F3N4O/c1-12-3-2-4-14(9-12)23-17(26)24-15-7-8-25(11-15)16-6-5-13(10-22-16)18(19,20)21/h2-6,9-10,15H,7-8,11H2,1H3,(H2,23,24,26). The van der Waals surface area contributed by atoms with Crippen LogP contribution in [0.4, 0.5) is 29.5 Å². The molecule has 0 bridgehead atoms. The monoisotopic (exact) mass is 364 g/mol. The Hall–Kier alpha value is -2.77. The number of carbonyl (C=O) groups excluding carboxylic acids is 1. The van der Waals surface area contributed by atoms with Gasteiger partial charge in [0, 0.05) is 31.0 Å². The summed E-state index contributed by atoms with van der Waals surface area (Å²) in [7, 11) is 0. The number of halogens is 3. The fourth-order valence-electron chi connectivity index (χ4n) is 2.90. The molecular formula is C18H19F3N4O. The number of pyridine rings is 1. The highest BCUT2D eigenvalue weighted by molar-refractivity contribution is 5.89. The van der Waals surface area contributed by atoms with Crippen molar-refractivity contribution >= 4 is 17.5 Å². The van der Waals surface area contributed by atoms with E-state index in [4.69, 9.17) is 0 Å². The van der Waals surface area contributed by atoms with E-state index in [9.17, 15) is 18.0 Å². The summed E-state index contributed by atoms with van der Waals surface area (Å²) < 4.78 is 37.8. The van der Waals surface area contributed by atoms with Crippen molar-refractivity contribution in [2.45, 2.75) is 25.6 Å². The number of nitrogens with zero attached hydrogens (tertiary/aromatic N) is 2. The van der Waals surface area contributed by atoms with Crippen molar-refractivity contribution in [2.75, 3.05) is 23.3 Å². The number of aromatic nitrogens is 1. The van der Waals surface area contributed by atoms with Gasteiger partial charge in [0.1, 0.15) is 5.82 Å². The molecule has 0 aliphatic carbocycles. The highest BCUT2D eigenvalue weighted by Crippen LogP contribution is 2.29. The Bertz CT molecular complexity index is 777. The molecule has 1 aliphatic rings. The molecule has 8 heteroatoms. The molecule has 0 saturated carbocycles. The summed E-state index contributed by atoms with van der Waals surface area (Å²) in [5, 5.41) is 5.66. The summed E-state index contributed by atoms with van der Waals surface area (Å²) in [6.45, 7) is 3.06. The first-order valence-corrected chi connectivity index (χ1v) is 8.23. The van der Waals surface area contributed by atoms with Gasteiger partial charge in [0.15, 0.2) is 0 Å². The van der Waals surface area contributed by atoms with Gasteiger partial charge in [-0.05, 0) is 43.2 Å². The zero-order chi connectivity index (χ0) is 18.7. The second-order valence-electron chi connectivity index (χ2n) is 6.30. The second kappa shape index (κ2) is 7.23. The third-order valence-electron chi connectivity index (χ3n) is 4.20. The zero-order valence-corrected chi connectivity index (χ0v) is 14.2. The maximum atomic E-state index is 12.6. The van der Waals surface area contributed by atoms with E-state index in [2.05, 4.69) is 15.6 Å². The van der Waals surface area contributed by atoms with Gasteiger partial charge in [0.2, 0.25) is 0 Å². The lowest BCUT2D eigenvalue weighted by molar-refractivity contribution is -0.137. The molecule has 2 N–H and O–H groups in total. The van der Waals surface area contributed by atoms with Gasteiger partial charge < -0.3 is 15.5 Å². The topological polar surface area (TPSA) is 57.3 Å². The van der Waals surface area contributed by atoms with E-state index in [1.54, 1.807) is 6.07 Å². The summed E-state index contributed by atoms with van der Waals surface area (Å²) >= 11 is 0. The largest absolute Gasteiger partial charge is 0.417 e. The van der Waals surface area contributed by atoms with Gasteiger partial charge >= 0.3 is 12.2 Å². The Kier molecular flexibility index (Phi) is 5.01. The van der Waals surface area contributed by atoms with Crippen molar-refractivity contribution in [3.8, 4) is 0 Å². The van der Waals surface area contributed by atoms with E-state index in [0.717, 1.165) is 17.8 Å². The van der Waals surface area contributed by atoms with E-state index in [1.165, 1.54) is 6.07 Å². The molecule has 2 heterocycles. The van der Waals surface area contributed by atoms with Crippen LogP contribution >= 0.6 is 0 Å². The summed E-state index contributed by atoms with van der Waals surface area (Å²) in [6, 6.07) is 9.46. The Balaban J connectivity index is 1.54. The predicted molar refractivity (Wildman–Crippen MR) is 93.2 cm³/mol. The number of alkyl halides is 3. The smallest absolute Gasteiger partial charge is 0.354 e. The molecule has 0 spiro atoms. The Morgan fingerprint density at radius 3 is 2.73 bits per heavy atom. The maximum Gasteiger partial charge on any atom is 0.417 e. The molecule has 1 aromatic heterocycles. The fraction of sp³-hybridized carbons (Fsp3) is 0.333. The van der Waals surface area contributed by atoms with Crippen LogP contribution in [-0.2, 0) is 6.18 Å². The van der Waals surface area contributed by atoms with Gasteiger partial charge in [0.05, 0.1) is 5.56 Å². The van der Waals surface area contributed by atoms with Gasteiger partial charge in [-0.1, -0.05) is 12.1 Å². The van der Waals surface area contributed by atoms with Crippen LogP contribution in [0.5, 0.6) is 0 Å². The molecule has 26 heavy (non-hydrogen) atoms. The first-order chi connectivity index (χ1) is 12.3. The number of rotatable bonds is 3. The Labute approximate surface area is 149 Å². The number of nitrogens with one attached hydrogen (secondary N) is 2. The number of carbonyl (C=O) groups is 1. The number of urea groups is 1. The van der Waals surface area contributed by atoms with E-state index in [-0.39, 0.29) is 12.1 Å². The molecule has 1 saturated heterocycles. The number of benzene rings is 1. The van der Waals surface area contributed by atoms with Crippen molar-refractivity contribution in [3.05, 3.63) is 53.7 Å². The minimum absolute atomic E-state index is 0.0936. The molecule has 5 nitrogen and oxygen atoms in total. The molecule has 1 fully saturated rings. The molecule has 3 rings (SSSR count). The van der Waals surface area contributed by atoms with Crippen LogP contribution in [0.15, 0.2) is 42.6 Å². The van der Waals surface area contributed by atoms with Crippen molar-refractivity contribution in [3.63, 3.8) is 0 Å². The number of amides is 2. The third kappa shape index (κ3) is 4.44. The SMILES string of the molecule is Cc1cccc(NC(=O)NC2CCN(c3ccc(C(F)(F)F)cn3)C2)c1. The zero-order valence-electron chi connectivity index (χ0n) is 14.2. The minimum atomic E-state index is -4.39. The molecule has 2 aromatic rings. The summed E-state index contributed by atoms with van der Waals surface area (Å²) in [4.78, 5) is 17.9. The first-order valence-electron chi connectivity index (χ1n) is 8.23. The molecule has 1 aromatic carbocycles. The predicted octanol–water partition coefficient (Wildman–Crippen LogP) is 3.81. The molecule has 1 aliphatic heterocycles. The highest BCUT2D eigenvalue weighted by atomic mass is 19.4. The van der Waals surface area contributed by atoms with Crippen LogP contribution in [0.3, 0.4) is 0 Å². The number of hydrogen-bond donors (Lipinski definition) is 2. The van der Waals surface area contributed by atoms with Gasteiger partial charge in [-0.25, -0.2) is 9.78 Å². The summed E-state index contributed by atoms with van der Waals surface area (Å²) in [5.41, 5.74) is 0.984. The van der Waals surface area contributed by atoms with Crippen molar-refractivity contribution in [1.29, 1.82) is 0 Å². The van der Waals surface area contributed by atoms with Crippen LogP contribution in [-0.4, -0.2) is 30.1 Å². The second-order valence-corrected chi connectivity index (χ2v) is 6.30. The Morgan fingerprint density at radius 2 is 2.08 bits per heavy atom. The van der Waals surface area contributed by atoms with E-state index in [1.807, 2.05) is 30.0 Å². The minimum Gasteiger partial charge on any atom is -0.354 e. The van der Waals surface area contributed by atoms with Crippen LogP contribution in [0, 0.1) is 6.92 Å². The quantitative estimate of drug-likeness (QED) is 0.871.